The number of hydrogen-bond acceptors (Lipinski definition) is 8. The van der Waals surface area contributed by atoms with Gasteiger partial charge in [0.2, 0.25) is 17.7 Å². The second kappa shape index (κ2) is 15.5. The van der Waals surface area contributed by atoms with Gasteiger partial charge in [-0.3, -0.25) is 19.3 Å². The highest BCUT2D eigenvalue weighted by molar-refractivity contribution is 7.86. The summed E-state index contributed by atoms with van der Waals surface area (Å²) in [6.45, 7) is 3.88. The molecule has 1 saturated heterocycles. The van der Waals surface area contributed by atoms with Crippen molar-refractivity contribution in [2.24, 2.45) is 0 Å². The van der Waals surface area contributed by atoms with Crippen molar-refractivity contribution in [2.75, 3.05) is 45.7 Å². The van der Waals surface area contributed by atoms with Gasteiger partial charge < -0.3 is 25.4 Å². The number of rotatable bonds is 14. The van der Waals surface area contributed by atoms with E-state index in [1.54, 1.807) is 54.6 Å². The van der Waals surface area contributed by atoms with Crippen LogP contribution in [0.1, 0.15) is 18.1 Å². The van der Waals surface area contributed by atoms with Gasteiger partial charge in [0.1, 0.15) is 23.6 Å². The van der Waals surface area contributed by atoms with Gasteiger partial charge in [0.25, 0.3) is 0 Å². The van der Waals surface area contributed by atoms with Crippen molar-refractivity contribution in [3.63, 3.8) is 0 Å². The van der Waals surface area contributed by atoms with Gasteiger partial charge in [-0.05, 0) is 36.6 Å². The Morgan fingerprint density at radius 2 is 1.56 bits per heavy atom. The summed E-state index contributed by atoms with van der Waals surface area (Å²) in [6.07, 6.45) is 0.114. The van der Waals surface area contributed by atoms with Crippen molar-refractivity contribution in [1.82, 2.24) is 20.9 Å². The van der Waals surface area contributed by atoms with Crippen molar-refractivity contribution in [3.8, 4) is 5.75 Å². The number of carbonyl (C=O) groups is 3. The summed E-state index contributed by atoms with van der Waals surface area (Å²) in [7, 11) is -3.40. The molecule has 0 unspecified atom stereocenters. The molecule has 0 aromatic heterocycles. The zero-order valence-electron chi connectivity index (χ0n) is 23.2. The molecule has 0 aliphatic carbocycles. The van der Waals surface area contributed by atoms with E-state index < -0.39 is 45.9 Å². The summed E-state index contributed by atoms with van der Waals surface area (Å²) in [5.41, 5.74) is 1.39. The fraction of sp³-hybridized carbons (Fsp3) is 0.464. The molecule has 224 valence electrons. The van der Waals surface area contributed by atoms with Crippen LogP contribution in [0.5, 0.6) is 5.75 Å². The maximum atomic E-state index is 13.7. The van der Waals surface area contributed by atoms with Gasteiger partial charge in [0.05, 0.1) is 26.9 Å². The molecule has 1 heterocycles. The number of nitrogens with one attached hydrogen (secondary N) is 3. The molecular formula is C28H37FN4O7S. The SMILES string of the molecule is COc1ccc(C[C@H](NC(=O)[C@H](C)NC(=O)CN2CCOCC2)C(=O)N[C@@H](Cc2ccccc2)CS(=O)(=O)F)cc1. The average Bonchev–Trinajstić information content (AvgIpc) is 2.93. The summed E-state index contributed by atoms with van der Waals surface area (Å²) in [6, 6.07) is 12.4. The first kappa shape index (κ1) is 32.0. The van der Waals surface area contributed by atoms with Crippen molar-refractivity contribution in [1.29, 1.82) is 0 Å². The highest BCUT2D eigenvalue weighted by Gasteiger charge is 2.29. The predicted octanol–water partition coefficient (Wildman–Crippen LogP) is 0.586. The molecule has 0 spiro atoms. The van der Waals surface area contributed by atoms with Gasteiger partial charge in [0, 0.05) is 25.6 Å². The fourth-order valence-electron chi connectivity index (χ4n) is 4.41. The van der Waals surface area contributed by atoms with Crippen LogP contribution in [0.4, 0.5) is 3.89 Å². The van der Waals surface area contributed by atoms with Crippen molar-refractivity contribution in [3.05, 3.63) is 65.7 Å². The van der Waals surface area contributed by atoms with E-state index in [2.05, 4.69) is 16.0 Å². The highest BCUT2D eigenvalue weighted by atomic mass is 32.3. The monoisotopic (exact) mass is 592 g/mol. The lowest BCUT2D eigenvalue weighted by Gasteiger charge is -2.27. The molecule has 0 radical (unpaired) electrons. The van der Waals surface area contributed by atoms with Crippen LogP contribution in [0.3, 0.4) is 0 Å². The van der Waals surface area contributed by atoms with Gasteiger partial charge >= 0.3 is 10.2 Å². The van der Waals surface area contributed by atoms with Crippen LogP contribution in [0, 0.1) is 0 Å². The maximum Gasteiger partial charge on any atom is 0.304 e. The summed E-state index contributed by atoms with van der Waals surface area (Å²) in [5, 5.41) is 7.91. The summed E-state index contributed by atoms with van der Waals surface area (Å²) in [4.78, 5) is 40.9. The predicted molar refractivity (Wildman–Crippen MR) is 150 cm³/mol. The molecule has 0 saturated carbocycles. The van der Waals surface area contributed by atoms with Crippen LogP contribution in [-0.4, -0.2) is 94.9 Å². The number of benzene rings is 2. The van der Waals surface area contributed by atoms with Crippen LogP contribution < -0.4 is 20.7 Å². The van der Waals surface area contributed by atoms with E-state index >= 15 is 0 Å². The van der Waals surface area contributed by atoms with Crippen molar-refractivity contribution in [2.45, 2.75) is 37.9 Å². The van der Waals surface area contributed by atoms with E-state index in [4.69, 9.17) is 9.47 Å². The van der Waals surface area contributed by atoms with E-state index in [1.807, 2.05) is 4.90 Å². The smallest absolute Gasteiger partial charge is 0.304 e. The second-order valence-corrected chi connectivity index (χ2v) is 11.3. The Labute approximate surface area is 240 Å². The molecule has 13 heteroatoms. The third-order valence-corrected chi connectivity index (χ3v) is 7.35. The molecule has 3 atom stereocenters. The van der Waals surface area contributed by atoms with E-state index in [9.17, 15) is 26.7 Å². The fourth-order valence-corrected chi connectivity index (χ4v) is 5.09. The maximum absolute atomic E-state index is 13.7. The number of nitrogens with zero attached hydrogens (tertiary/aromatic N) is 1. The molecule has 0 bridgehead atoms. The molecule has 1 aliphatic heterocycles. The quantitative estimate of drug-likeness (QED) is 0.271. The van der Waals surface area contributed by atoms with Gasteiger partial charge in [-0.15, -0.1) is 3.89 Å². The summed E-state index contributed by atoms with van der Waals surface area (Å²) >= 11 is 0. The Hall–Kier alpha value is -3.55. The van der Waals surface area contributed by atoms with Crippen LogP contribution in [0.2, 0.25) is 0 Å². The number of amides is 3. The molecule has 41 heavy (non-hydrogen) atoms. The van der Waals surface area contributed by atoms with E-state index in [-0.39, 0.29) is 25.3 Å². The second-order valence-electron chi connectivity index (χ2n) is 9.89. The first-order valence-corrected chi connectivity index (χ1v) is 14.9. The van der Waals surface area contributed by atoms with Crippen molar-refractivity contribution < 1.29 is 36.2 Å². The Bertz CT molecular complexity index is 1260. The Kier molecular flexibility index (Phi) is 12.0. The average molecular weight is 593 g/mol. The molecule has 3 rings (SSSR count). The Morgan fingerprint density at radius 1 is 0.927 bits per heavy atom. The van der Waals surface area contributed by atoms with Crippen LogP contribution in [-0.2, 0) is 42.2 Å². The Morgan fingerprint density at radius 3 is 2.17 bits per heavy atom. The number of hydrogen-bond donors (Lipinski definition) is 3. The molecular weight excluding hydrogens is 555 g/mol. The van der Waals surface area contributed by atoms with E-state index in [1.165, 1.54) is 14.0 Å². The highest BCUT2D eigenvalue weighted by Crippen LogP contribution is 2.14. The molecule has 11 nitrogen and oxygen atoms in total. The molecule has 2 aromatic rings. The molecule has 3 N–H and O–H groups in total. The normalized spacial score (nSPS) is 16.2. The number of halogens is 1. The molecule has 3 amide bonds. The van der Waals surface area contributed by atoms with Gasteiger partial charge in [0.15, 0.2) is 0 Å². The van der Waals surface area contributed by atoms with Crippen LogP contribution in [0.15, 0.2) is 54.6 Å². The zero-order valence-corrected chi connectivity index (χ0v) is 24.0. The summed E-state index contributed by atoms with van der Waals surface area (Å²) < 4.78 is 47.2. The molecule has 1 fully saturated rings. The van der Waals surface area contributed by atoms with Crippen LogP contribution >= 0.6 is 0 Å². The molecule has 2 aromatic carbocycles. The largest absolute Gasteiger partial charge is 0.497 e. The third-order valence-electron chi connectivity index (χ3n) is 6.55. The lowest BCUT2D eigenvalue weighted by atomic mass is 10.0. The van der Waals surface area contributed by atoms with Gasteiger partial charge in [-0.2, -0.15) is 8.42 Å². The number of carbonyl (C=O) groups excluding carboxylic acids is 3. The zero-order chi connectivity index (χ0) is 29.8. The third kappa shape index (κ3) is 11.5. The summed E-state index contributed by atoms with van der Waals surface area (Å²) in [5.74, 6) is -1.96. The van der Waals surface area contributed by atoms with Gasteiger partial charge in [-0.25, -0.2) is 0 Å². The minimum Gasteiger partial charge on any atom is -0.497 e. The minimum atomic E-state index is -4.92. The number of methoxy groups -OCH3 is 1. The number of morpholine rings is 1. The number of ether oxygens (including phenoxy) is 2. The first-order valence-electron chi connectivity index (χ1n) is 13.3. The standard InChI is InChI=1S/C28H37FN4O7S/c1-20(30-26(34)18-33-12-14-40-15-13-33)27(35)32-25(17-22-8-10-24(39-2)11-9-22)28(36)31-23(19-41(29,37)38)16-21-6-4-3-5-7-21/h3-11,20,23,25H,12-19H2,1-2H3,(H,30,34)(H,31,36)(H,32,35)/t20-,23-,25-/m0/s1. The lowest BCUT2D eigenvalue weighted by molar-refractivity contribution is -0.132. The van der Waals surface area contributed by atoms with Crippen molar-refractivity contribution >= 4 is 27.9 Å². The van der Waals surface area contributed by atoms with E-state index in [0.717, 1.165) is 0 Å². The van der Waals surface area contributed by atoms with E-state index in [0.29, 0.717) is 43.2 Å². The van der Waals surface area contributed by atoms with Crippen LogP contribution in [0.25, 0.3) is 0 Å². The lowest BCUT2D eigenvalue weighted by Crippen LogP contribution is -2.56. The first-order chi connectivity index (χ1) is 19.5. The topological polar surface area (TPSA) is 143 Å². The Balaban J connectivity index is 1.72. The minimum absolute atomic E-state index is 0.0520. The van der Waals surface area contributed by atoms with Gasteiger partial charge in [-0.1, -0.05) is 42.5 Å². The molecule has 1 aliphatic rings.